The van der Waals surface area contributed by atoms with Crippen LogP contribution in [-0.4, -0.2) is 141 Å². The molecule has 0 bridgehead atoms. The number of ether oxygens (including phenoxy) is 5. The second-order valence-corrected chi connectivity index (χ2v) is 8.31. The van der Waals surface area contributed by atoms with Gasteiger partial charge in [0.05, 0.1) is 13.2 Å². The predicted octanol–water partition coefficient (Wildman–Crippen LogP) is -3.76. The van der Waals surface area contributed by atoms with Crippen LogP contribution >= 0.6 is 0 Å². The van der Waals surface area contributed by atoms with E-state index < -0.39 is 92.5 Å². The molecule has 2 heterocycles. The van der Waals surface area contributed by atoms with Crippen molar-refractivity contribution in [2.24, 2.45) is 5.92 Å². The third-order valence-corrected chi connectivity index (χ3v) is 5.96. The zero-order chi connectivity index (χ0) is 26.3. The van der Waals surface area contributed by atoms with Gasteiger partial charge in [0.1, 0.15) is 48.8 Å². The summed E-state index contributed by atoms with van der Waals surface area (Å²) in [6.45, 7) is -1.35. The summed E-state index contributed by atoms with van der Waals surface area (Å²) in [7, 11) is 1.23. The van der Waals surface area contributed by atoms with Gasteiger partial charge in [0.2, 0.25) is 0 Å². The van der Waals surface area contributed by atoms with Crippen LogP contribution in [0.25, 0.3) is 0 Å². The van der Waals surface area contributed by atoms with E-state index in [4.69, 9.17) is 33.9 Å². The highest BCUT2D eigenvalue weighted by Crippen LogP contribution is 2.30. The number of aliphatic hydroxyl groups is 6. The Morgan fingerprint density at radius 3 is 1.86 bits per heavy atom. The highest BCUT2D eigenvalue weighted by molar-refractivity contribution is 5.92. The highest BCUT2D eigenvalue weighted by atomic mass is 16.7. The Balaban J connectivity index is 1.94. The van der Waals surface area contributed by atoms with Gasteiger partial charge in [-0.1, -0.05) is 0 Å². The first-order valence-corrected chi connectivity index (χ1v) is 11.1. The zero-order valence-electron chi connectivity index (χ0n) is 19.0. The second-order valence-electron chi connectivity index (χ2n) is 8.31. The lowest BCUT2D eigenvalue weighted by Gasteiger charge is -2.46. The lowest BCUT2D eigenvalue weighted by atomic mass is 9.97. The highest BCUT2D eigenvalue weighted by Gasteiger charge is 2.51. The number of carboxylic acid groups (broad SMARTS) is 2. The van der Waals surface area contributed by atoms with Crippen LogP contribution in [0, 0.1) is 5.92 Å². The number of methoxy groups -OCH3 is 1. The quantitative estimate of drug-likeness (QED) is 0.0869. The first-order valence-electron chi connectivity index (χ1n) is 11.1. The maximum Gasteiger partial charge on any atom is 0.317 e. The molecule has 2 fully saturated rings. The Kier molecular flexibility index (Phi) is 11.6. The Bertz CT molecular complexity index is 659. The van der Waals surface area contributed by atoms with Crippen LogP contribution in [0.5, 0.6) is 0 Å². The summed E-state index contributed by atoms with van der Waals surface area (Å²) in [6, 6.07) is 0. The minimum absolute atomic E-state index is 0.0574. The van der Waals surface area contributed by atoms with Crippen molar-refractivity contribution in [2.75, 3.05) is 26.9 Å². The van der Waals surface area contributed by atoms with Gasteiger partial charge in [-0.25, -0.2) is 0 Å². The van der Waals surface area contributed by atoms with Crippen molar-refractivity contribution in [3.8, 4) is 0 Å². The first kappa shape index (κ1) is 29.7. The van der Waals surface area contributed by atoms with Crippen LogP contribution in [0.3, 0.4) is 0 Å². The second kappa shape index (κ2) is 13.7. The molecular formula is C20H34O15. The zero-order valence-corrected chi connectivity index (χ0v) is 19.0. The minimum atomic E-state index is -1.73. The molecule has 10 atom stereocenters. The van der Waals surface area contributed by atoms with Crippen molar-refractivity contribution >= 4 is 11.9 Å². The van der Waals surface area contributed by atoms with Crippen molar-refractivity contribution < 1.29 is 74.1 Å². The fourth-order valence-electron chi connectivity index (χ4n) is 3.96. The van der Waals surface area contributed by atoms with E-state index in [-0.39, 0.29) is 25.9 Å². The Morgan fingerprint density at radius 1 is 0.800 bits per heavy atom. The molecule has 2 aliphatic rings. The van der Waals surface area contributed by atoms with Crippen molar-refractivity contribution in [1.82, 2.24) is 0 Å². The predicted molar refractivity (Wildman–Crippen MR) is 110 cm³/mol. The fourth-order valence-corrected chi connectivity index (χ4v) is 3.96. The van der Waals surface area contributed by atoms with Crippen molar-refractivity contribution in [2.45, 2.75) is 80.7 Å². The van der Waals surface area contributed by atoms with Crippen molar-refractivity contribution in [3.05, 3.63) is 0 Å². The molecule has 8 N–H and O–H groups in total. The molecular weight excluding hydrogens is 480 g/mol. The third kappa shape index (κ3) is 7.27. The van der Waals surface area contributed by atoms with E-state index in [9.17, 15) is 40.2 Å². The summed E-state index contributed by atoms with van der Waals surface area (Å²) in [5.41, 5.74) is 0. The molecule has 0 saturated carbocycles. The molecule has 2 aliphatic heterocycles. The molecule has 0 aromatic carbocycles. The molecule has 2 saturated heterocycles. The average Bonchev–Trinajstić information content (AvgIpc) is 2.82. The summed E-state index contributed by atoms with van der Waals surface area (Å²) >= 11 is 0. The molecule has 15 nitrogen and oxygen atoms in total. The summed E-state index contributed by atoms with van der Waals surface area (Å²) in [5.74, 6) is -4.46. The number of aliphatic carboxylic acids is 2. The number of hydrogen-bond acceptors (Lipinski definition) is 13. The summed E-state index contributed by atoms with van der Waals surface area (Å²) in [5, 5.41) is 78.5. The van der Waals surface area contributed by atoms with Crippen LogP contribution in [0.15, 0.2) is 0 Å². The SMILES string of the molecule is CO[C@@H]1O[C@H](CO)[C@@H](O[C@@H]2O[C@H](CO)[C@H](OCCCCC(C(=O)O)C(=O)O)[C@H](O)[C@H]2O)[C@H](O)[C@H]1O. The van der Waals surface area contributed by atoms with Gasteiger partial charge >= 0.3 is 11.9 Å². The van der Waals surface area contributed by atoms with E-state index >= 15 is 0 Å². The van der Waals surface area contributed by atoms with E-state index in [1.807, 2.05) is 0 Å². The van der Waals surface area contributed by atoms with E-state index in [2.05, 4.69) is 0 Å². The molecule has 0 spiro atoms. The Morgan fingerprint density at radius 2 is 1.31 bits per heavy atom. The molecule has 204 valence electrons. The topological polar surface area (TPSA) is 242 Å². The molecule has 0 aromatic rings. The lowest BCUT2D eigenvalue weighted by Crippen LogP contribution is -2.65. The number of unbranched alkanes of at least 4 members (excludes halogenated alkanes) is 1. The lowest BCUT2D eigenvalue weighted by molar-refractivity contribution is -0.359. The summed E-state index contributed by atoms with van der Waals surface area (Å²) in [4.78, 5) is 21.8. The third-order valence-electron chi connectivity index (χ3n) is 5.96. The van der Waals surface area contributed by atoms with Gasteiger partial charge in [0, 0.05) is 13.7 Å². The van der Waals surface area contributed by atoms with Crippen LogP contribution < -0.4 is 0 Å². The standard InChI is InChI=1S/C20H34O15/c1-31-19-13(25)12(24)16(10(7-22)33-19)35-20-14(26)11(23)15(9(6-21)34-20)32-5-3-2-4-8(17(27)28)18(29)30/h8-16,19-26H,2-7H2,1H3,(H,27,28)(H,29,30)/t9-,10-,11-,12-,13-,14-,15+,16-,19-,20+/m1/s1. The van der Waals surface area contributed by atoms with Crippen LogP contribution in [0.1, 0.15) is 19.3 Å². The molecule has 0 radical (unpaired) electrons. The number of aliphatic hydroxyl groups excluding tert-OH is 6. The largest absolute Gasteiger partial charge is 0.481 e. The monoisotopic (exact) mass is 514 g/mol. The van der Waals surface area contributed by atoms with Gasteiger partial charge < -0.3 is 64.5 Å². The number of carbonyl (C=O) groups is 2. The van der Waals surface area contributed by atoms with E-state index in [1.165, 1.54) is 7.11 Å². The van der Waals surface area contributed by atoms with Gasteiger partial charge in [0.25, 0.3) is 0 Å². The molecule has 0 aliphatic carbocycles. The van der Waals surface area contributed by atoms with Gasteiger partial charge in [-0.2, -0.15) is 0 Å². The Hall–Kier alpha value is -1.50. The van der Waals surface area contributed by atoms with Crippen LogP contribution in [0.4, 0.5) is 0 Å². The van der Waals surface area contributed by atoms with Crippen molar-refractivity contribution in [3.63, 3.8) is 0 Å². The van der Waals surface area contributed by atoms with Crippen molar-refractivity contribution in [1.29, 1.82) is 0 Å². The molecule has 0 amide bonds. The van der Waals surface area contributed by atoms with Gasteiger partial charge in [0.15, 0.2) is 18.5 Å². The first-order chi connectivity index (χ1) is 16.6. The number of carboxylic acids is 2. The smallest absolute Gasteiger partial charge is 0.317 e. The molecule has 0 unspecified atom stereocenters. The maximum atomic E-state index is 10.9. The van der Waals surface area contributed by atoms with E-state index in [1.54, 1.807) is 0 Å². The normalized spacial score (nSPS) is 37.9. The fraction of sp³-hybridized carbons (Fsp3) is 0.900. The van der Waals surface area contributed by atoms with Gasteiger partial charge in [-0.3, -0.25) is 9.59 Å². The molecule has 0 aromatic heterocycles. The Labute approximate surface area is 200 Å². The van der Waals surface area contributed by atoms with Gasteiger partial charge in [-0.05, 0) is 19.3 Å². The summed E-state index contributed by atoms with van der Waals surface area (Å²) in [6.07, 6.45) is -14.0. The molecule has 15 heteroatoms. The maximum absolute atomic E-state index is 10.9. The van der Waals surface area contributed by atoms with Gasteiger partial charge in [-0.15, -0.1) is 0 Å². The van der Waals surface area contributed by atoms with E-state index in [0.29, 0.717) is 0 Å². The van der Waals surface area contributed by atoms with Crippen LogP contribution in [-0.2, 0) is 33.3 Å². The van der Waals surface area contributed by atoms with Crippen LogP contribution in [0.2, 0.25) is 0 Å². The summed E-state index contributed by atoms with van der Waals surface area (Å²) < 4.78 is 26.7. The molecule has 35 heavy (non-hydrogen) atoms. The number of rotatable bonds is 13. The molecule has 2 rings (SSSR count). The minimum Gasteiger partial charge on any atom is -0.481 e. The average molecular weight is 514 g/mol. The van der Waals surface area contributed by atoms with E-state index in [0.717, 1.165) is 0 Å². The number of hydrogen-bond donors (Lipinski definition) is 8.